The minimum absolute atomic E-state index is 0.0520. The number of rotatable bonds is 3. The number of carbonyl (C=O) groups is 1. The summed E-state index contributed by atoms with van der Waals surface area (Å²) in [4.78, 5) is 24.9. The van der Waals surface area contributed by atoms with Crippen LogP contribution in [-0.4, -0.2) is 57.6 Å². The van der Waals surface area contributed by atoms with Crippen LogP contribution < -0.4 is 10.2 Å². The number of aliphatic hydroxyl groups excluding tert-OH is 1. The van der Waals surface area contributed by atoms with E-state index in [9.17, 15) is 19.1 Å². The van der Waals surface area contributed by atoms with Crippen LogP contribution in [0.5, 0.6) is 0 Å². The number of nitrogens with zero attached hydrogens (tertiary/aromatic N) is 2. The number of aliphatic hydroxyl groups is 1. The quantitative estimate of drug-likeness (QED) is 0.747. The highest BCUT2D eigenvalue weighted by molar-refractivity contribution is 7.16. The molecule has 3 atom stereocenters. The van der Waals surface area contributed by atoms with Crippen LogP contribution in [-0.2, 0) is 6.54 Å². The van der Waals surface area contributed by atoms with E-state index >= 15 is 0 Å². The number of β-amino-alcohol motifs (C(OH)–C–C–N with tert-alkyl or cyclic N) is 1. The fourth-order valence-electron chi connectivity index (χ4n) is 4.17. The van der Waals surface area contributed by atoms with Crippen LogP contribution in [0.15, 0.2) is 16.9 Å². The summed E-state index contributed by atoms with van der Waals surface area (Å²) < 4.78 is 17.0. The van der Waals surface area contributed by atoms with Crippen molar-refractivity contribution in [1.82, 2.24) is 14.8 Å². The molecule has 26 heavy (non-hydrogen) atoms. The molecule has 1 aromatic carbocycles. The fourth-order valence-corrected chi connectivity index (χ4v) is 5.10. The second kappa shape index (κ2) is 6.64. The van der Waals surface area contributed by atoms with E-state index in [1.54, 1.807) is 10.6 Å². The zero-order valence-electron chi connectivity index (χ0n) is 14.0. The van der Waals surface area contributed by atoms with Crippen molar-refractivity contribution in [2.75, 3.05) is 19.6 Å². The molecule has 2 aromatic rings. The van der Waals surface area contributed by atoms with Crippen LogP contribution in [0.2, 0.25) is 0 Å². The Morgan fingerprint density at radius 1 is 1.35 bits per heavy atom. The van der Waals surface area contributed by atoms with Crippen molar-refractivity contribution in [1.29, 1.82) is 0 Å². The minimum atomic E-state index is -1.14. The van der Waals surface area contributed by atoms with E-state index in [-0.39, 0.29) is 16.6 Å². The number of aromatic nitrogens is 1. The second-order valence-corrected chi connectivity index (χ2v) is 7.98. The summed E-state index contributed by atoms with van der Waals surface area (Å²) in [6.45, 7) is 2.12. The molecule has 0 spiro atoms. The van der Waals surface area contributed by atoms with E-state index in [1.165, 1.54) is 6.07 Å². The first-order valence-corrected chi connectivity index (χ1v) is 9.47. The van der Waals surface area contributed by atoms with Gasteiger partial charge in [0.1, 0.15) is 5.82 Å². The highest BCUT2D eigenvalue weighted by Crippen LogP contribution is 2.36. The maximum atomic E-state index is 14.6. The summed E-state index contributed by atoms with van der Waals surface area (Å²) in [5, 5.41) is 21.4. The third-order valence-electron chi connectivity index (χ3n) is 5.38. The molecule has 1 amide bonds. The Hall–Kier alpha value is -1.97. The predicted molar refractivity (Wildman–Crippen MR) is 95.4 cm³/mol. The summed E-state index contributed by atoms with van der Waals surface area (Å²) in [7, 11) is 0. The monoisotopic (exact) mass is 381 g/mol. The SMILES string of the molecule is O=C(O)N[C@H]1CCN(CC2CCn3c(=O)sc4ccc(F)c2c43)C[C@H]1O. The summed E-state index contributed by atoms with van der Waals surface area (Å²) in [5.41, 5.74) is 1.30. The molecule has 0 saturated carbocycles. The van der Waals surface area contributed by atoms with Gasteiger partial charge in [0, 0.05) is 37.7 Å². The Morgan fingerprint density at radius 2 is 2.15 bits per heavy atom. The van der Waals surface area contributed by atoms with Gasteiger partial charge in [0.15, 0.2) is 0 Å². The van der Waals surface area contributed by atoms with Gasteiger partial charge in [0.25, 0.3) is 0 Å². The van der Waals surface area contributed by atoms with Crippen molar-refractivity contribution in [2.24, 2.45) is 0 Å². The maximum absolute atomic E-state index is 14.6. The smallest absolute Gasteiger partial charge is 0.404 e. The number of thiazole rings is 1. The molecule has 1 fully saturated rings. The molecular weight excluding hydrogens is 361 g/mol. The molecule has 0 bridgehead atoms. The van der Waals surface area contributed by atoms with E-state index in [1.807, 2.05) is 4.90 Å². The number of piperidine rings is 1. The number of amides is 1. The molecule has 1 unspecified atom stereocenters. The number of likely N-dealkylation sites (tertiary alicyclic amines) is 1. The second-order valence-electron chi connectivity index (χ2n) is 6.98. The lowest BCUT2D eigenvalue weighted by Crippen LogP contribution is -2.54. The number of carboxylic acid groups (broad SMARTS) is 1. The topological polar surface area (TPSA) is 94.8 Å². The zero-order chi connectivity index (χ0) is 18.4. The molecule has 0 radical (unpaired) electrons. The first-order valence-electron chi connectivity index (χ1n) is 8.65. The Balaban J connectivity index is 1.55. The van der Waals surface area contributed by atoms with Crippen molar-refractivity contribution in [2.45, 2.75) is 37.5 Å². The maximum Gasteiger partial charge on any atom is 0.404 e. The molecule has 0 aliphatic carbocycles. The van der Waals surface area contributed by atoms with Crippen molar-refractivity contribution >= 4 is 27.6 Å². The van der Waals surface area contributed by atoms with Crippen LogP contribution in [0.25, 0.3) is 10.2 Å². The van der Waals surface area contributed by atoms with Gasteiger partial charge in [-0.2, -0.15) is 0 Å². The number of nitrogens with one attached hydrogen (secondary N) is 1. The van der Waals surface area contributed by atoms with Crippen LogP contribution >= 0.6 is 11.3 Å². The molecule has 2 aliphatic rings. The number of hydrogen-bond donors (Lipinski definition) is 3. The van der Waals surface area contributed by atoms with Crippen molar-refractivity contribution in [3.8, 4) is 0 Å². The predicted octanol–water partition coefficient (Wildman–Crippen LogP) is 1.39. The lowest BCUT2D eigenvalue weighted by Gasteiger charge is -2.38. The van der Waals surface area contributed by atoms with Gasteiger partial charge in [-0.05, 0) is 25.0 Å². The Bertz CT molecular complexity index is 911. The summed E-state index contributed by atoms with van der Waals surface area (Å²) in [6, 6.07) is 2.61. The molecule has 2 aliphatic heterocycles. The van der Waals surface area contributed by atoms with Gasteiger partial charge < -0.3 is 15.5 Å². The average Bonchev–Trinajstić information content (AvgIpc) is 2.91. The summed E-state index contributed by atoms with van der Waals surface area (Å²) in [6.07, 6.45) is -0.749. The third-order valence-corrected chi connectivity index (χ3v) is 6.32. The van der Waals surface area contributed by atoms with E-state index < -0.39 is 18.2 Å². The van der Waals surface area contributed by atoms with E-state index in [2.05, 4.69) is 5.32 Å². The number of hydrogen-bond acceptors (Lipinski definition) is 5. The van der Waals surface area contributed by atoms with Crippen molar-refractivity contribution in [3.05, 3.63) is 33.2 Å². The largest absolute Gasteiger partial charge is 0.465 e. The Kier molecular flexibility index (Phi) is 4.45. The van der Waals surface area contributed by atoms with Gasteiger partial charge >= 0.3 is 11.0 Å². The molecule has 9 heteroatoms. The molecule has 140 valence electrons. The Labute approximate surface area is 152 Å². The van der Waals surface area contributed by atoms with E-state index in [0.29, 0.717) is 50.1 Å². The molecule has 1 saturated heterocycles. The fraction of sp³-hybridized carbons (Fsp3) is 0.529. The number of benzene rings is 1. The molecule has 4 rings (SSSR count). The minimum Gasteiger partial charge on any atom is -0.465 e. The van der Waals surface area contributed by atoms with Crippen LogP contribution in [0.3, 0.4) is 0 Å². The lowest BCUT2D eigenvalue weighted by atomic mass is 9.89. The van der Waals surface area contributed by atoms with Gasteiger partial charge in [-0.3, -0.25) is 14.3 Å². The van der Waals surface area contributed by atoms with Gasteiger partial charge in [-0.1, -0.05) is 11.3 Å². The van der Waals surface area contributed by atoms with Crippen LogP contribution in [0.4, 0.5) is 9.18 Å². The van der Waals surface area contributed by atoms with Gasteiger partial charge in [0.2, 0.25) is 0 Å². The van der Waals surface area contributed by atoms with Crippen LogP contribution in [0.1, 0.15) is 24.3 Å². The van der Waals surface area contributed by atoms with Crippen molar-refractivity contribution < 1.29 is 19.4 Å². The van der Waals surface area contributed by atoms with Crippen molar-refractivity contribution in [3.63, 3.8) is 0 Å². The van der Waals surface area contributed by atoms with Gasteiger partial charge in [-0.15, -0.1) is 0 Å². The molecule has 7 nitrogen and oxygen atoms in total. The molecular formula is C17H20FN3O4S. The molecule has 3 N–H and O–H groups in total. The van der Waals surface area contributed by atoms with Crippen LogP contribution in [0, 0.1) is 5.82 Å². The lowest BCUT2D eigenvalue weighted by molar-refractivity contribution is 0.0373. The summed E-state index contributed by atoms with van der Waals surface area (Å²) in [5.74, 6) is -0.347. The highest BCUT2D eigenvalue weighted by Gasteiger charge is 2.33. The molecule has 1 aromatic heterocycles. The highest BCUT2D eigenvalue weighted by atomic mass is 32.1. The number of aryl methyl sites for hydroxylation is 1. The van der Waals surface area contributed by atoms with Gasteiger partial charge in [-0.25, -0.2) is 9.18 Å². The average molecular weight is 381 g/mol. The zero-order valence-corrected chi connectivity index (χ0v) is 14.8. The van der Waals surface area contributed by atoms with Gasteiger partial charge in [0.05, 0.1) is 22.4 Å². The standard InChI is InChI=1S/C17H20FN3O4S/c18-10-1-2-13-15-14(10)9(3-6-21(15)17(25)26-13)7-20-5-4-11(12(22)8-20)19-16(23)24/h1-2,9,11-12,19,22H,3-8H2,(H,23,24)/t9?,11-,12+/m0/s1. The first-order chi connectivity index (χ1) is 12.4. The third kappa shape index (κ3) is 3.00. The normalized spacial score (nSPS) is 26.2. The summed E-state index contributed by atoms with van der Waals surface area (Å²) >= 11 is 1.14. The Morgan fingerprint density at radius 3 is 2.88 bits per heavy atom. The molecule has 3 heterocycles. The first kappa shape index (κ1) is 17.4. The number of halogens is 1. The van der Waals surface area contributed by atoms with E-state index in [4.69, 9.17) is 5.11 Å². The van der Waals surface area contributed by atoms with E-state index in [0.717, 1.165) is 16.0 Å².